The molecule has 0 N–H and O–H groups in total. The molecule has 0 bridgehead atoms. The Morgan fingerprint density at radius 2 is 0.735 bits per heavy atom. The van der Waals surface area contributed by atoms with E-state index in [2.05, 4.69) is 34.6 Å². The Hall–Kier alpha value is -0.220. The van der Waals surface area contributed by atoms with E-state index in [-0.39, 0.29) is 6.29 Å². The maximum atomic E-state index is 13.0. The monoisotopic (exact) mass is 488 g/mol. The Morgan fingerprint density at radius 3 is 0.971 bits per heavy atom. The van der Waals surface area contributed by atoms with Gasteiger partial charge in [0.2, 0.25) is 0 Å². The van der Waals surface area contributed by atoms with Crippen LogP contribution < -0.4 is 0 Å². The first-order valence-corrected chi connectivity index (χ1v) is 14.4. The van der Waals surface area contributed by atoms with Crippen LogP contribution in [-0.2, 0) is 9.47 Å². The first-order valence-electron chi connectivity index (χ1n) is 14.4. The summed E-state index contributed by atoms with van der Waals surface area (Å²) in [4.78, 5) is 0. The summed E-state index contributed by atoms with van der Waals surface area (Å²) >= 11 is 0. The van der Waals surface area contributed by atoms with Crippen molar-refractivity contribution in [1.29, 1.82) is 0 Å². The van der Waals surface area contributed by atoms with E-state index in [1.54, 1.807) is 13.8 Å². The summed E-state index contributed by atoms with van der Waals surface area (Å²) in [5.74, 6) is 4.13. The normalized spacial score (nSPS) is 42.5. The quantitative estimate of drug-likeness (QED) is 0.338. The fraction of sp³-hybridized carbons (Fsp3) is 1.00. The molecule has 204 valence electrons. The average molecular weight is 489 g/mol. The van der Waals surface area contributed by atoms with Gasteiger partial charge in [-0.3, -0.25) is 0 Å². The fourth-order valence-electron chi connectivity index (χ4n) is 4.85. The van der Waals surface area contributed by atoms with E-state index < -0.39 is 11.3 Å². The number of alkyl halides is 2. The van der Waals surface area contributed by atoms with E-state index in [0.29, 0.717) is 5.92 Å². The highest BCUT2D eigenvalue weighted by Crippen LogP contribution is 2.34. The van der Waals surface area contributed by atoms with Gasteiger partial charge in [-0.05, 0) is 95.8 Å². The van der Waals surface area contributed by atoms with Gasteiger partial charge >= 0.3 is 0 Å². The second-order valence-corrected chi connectivity index (χ2v) is 12.9. The molecule has 34 heavy (non-hydrogen) atoms. The van der Waals surface area contributed by atoms with Crippen LogP contribution in [0.15, 0.2) is 0 Å². The van der Waals surface area contributed by atoms with Crippen LogP contribution >= 0.6 is 0 Å². The van der Waals surface area contributed by atoms with Gasteiger partial charge < -0.3 is 9.47 Å². The van der Waals surface area contributed by atoms with Crippen LogP contribution in [-0.4, -0.2) is 30.8 Å². The molecule has 3 aliphatic carbocycles. The molecule has 4 fully saturated rings. The van der Waals surface area contributed by atoms with E-state index in [9.17, 15) is 8.78 Å². The molecule has 0 radical (unpaired) electrons. The van der Waals surface area contributed by atoms with E-state index >= 15 is 0 Å². The van der Waals surface area contributed by atoms with Crippen molar-refractivity contribution in [3.05, 3.63) is 0 Å². The van der Waals surface area contributed by atoms with Crippen molar-refractivity contribution in [1.82, 2.24) is 0 Å². The predicted octanol–water partition coefficient (Wildman–Crippen LogP) is 9.70. The third kappa shape index (κ3) is 15.7. The molecule has 0 aromatic carbocycles. The third-order valence-electron chi connectivity index (χ3n) is 8.17. The molecule has 1 heterocycles. The van der Waals surface area contributed by atoms with Crippen LogP contribution in [0.1, 0.15) is 132 Å². The van der Waals surface area contributed by atoms with Gasteiger partial charge in [-0.15, -0.1) is 0 Å². The van der Waals surface area contributed by atoms with Crippen LogP contribution in [0.25, 0.3) is 0 Å². The Kier molecular flexibility index (Phi) is 14.8. The Balaban J connectivity index is 0.000000227. The van der Waals surface area contributed by atoms with Crippen molar-refractivity contribution >= 4 is 0 Å². The molecule has 0 spiro atoms. The fourth-order valence-corrected chi connectivity index (χ4v) is 4.85. The Morgan fingerprint density at radius 1 is 0.471 bits per heavy atom. The van der Waals surface area contributed by atoms with Gasteiger partial charge in [0, 0.05) is 5.92 Å². The van der Waals surface area contributed by atoms with Crippen LogP contribution in [0.3, 0.4) is 0 Å². The van der Waals surface area contributed by atoms with Crippen LogP contribution in [0.5, 0.6) is 0 Å². The topological polar surface area (TPSA) is 18.5 Å². The molecular formula is C30H58F2O2. The molecule has 0 aromatic heterocycles. The smallest absolute Gasteiger partial charge is 0.154 e. The summed E-state index contributed by atoms with van der Waals surface area (Å²) in [6, 6.07) is 0. The molecule has 4 aliphatic rings. The largest absolute Gasteiger partial charge is 0.353 e. The van der Waals surface area contributed by atoms with Gasteiger partial charge in [0.15, 0.2) is 6.29 Å². The number of ether oxygens (including phenoxy) is 2. The minimum atomic E-state index is -0.841. The first kappa shape index (κ1) is 31.8. The molecule has 0 atom stereocenters. The van der Waals surface area contributed by atoms with E-state index in [1.165, 1.54) is 25.7 Å². The maximum absolute atomic E-state index is 13.0. The summed E-state index contributed by atoms with van der Waals surface area (Å²) in [5.41, 5.74) is -1.68. The summed E-state index contributed by atoms with van der Waals surface area (Å²) in [6.45, 7) is 18.3. The maximum Gasteiger partial charge on any atom is 0.154 e. The average Bonchev–Trinajstić information content (AvgIpc) is 2.78. The van der Waals surface area contributed by atoms with Crippen LogP contribution in [0.2, 0.25) is 0 Å². The van der Waals surface area contributed by atoms with Gasteiger partial charge in [-0.1, -0.05) is 60.3 Å². The predicted molar refractivity (Wildman–Crippen MR) is 142 cm³/mol. The van der Waals surface area contributed by atoms with Gasteiger partial charge in [0.05, 0.1) is 13.2 Å². The summed E-state index contributed by atoms with van der Waals surface area (Å²) in [7, 11) is 0. The van der Waals surface area contributed by atoms with Gasteiger partial charge in [-0.2, -0.15) is 0 Å². The van der Waals surface area contributed by atoms with Gasteiger partial charge in [0.1, 0.15) is 11.3 Å². The number of hydrogen-bond donors (Lipinski definition) is 0. The Bertz CT molecular complexity index is 420. The molecular weight excluding hydrogens is 430 g/mol. The molecule has 4 rings (SSSR count). The van der Waals surface area contributed by atoms with Gasteiger partial charge in [-0.25, -0.2) is 8.78 Å². The van der Waals surface area contributed by atoms with Crippen molar-refractivity contribution < 1.29 is 18.3 Å². The van der Waals surface area contributed by atoms with E-state index in [0.717, 1.165) is 88.3 Å². The Labute approximate surface area is 211 Å². The number of rotatable bonds is 0. The minimum Gasteiger partial charge on any atom is -0.353 e. The lowest BCUT2D eigenvalue weighted by atomic mass is 9.82. The highest BCUT2D eigenvalue weighted by atomic mass is 19.1. The van der Waals surface area contributed by atoms with E-state index in [1.807, 2.05) is 6.92 Å². The minimum absolute atomic E-state index is 0.0196. The van der Waals surface area contributed by atoms with Crippen molar-refractivity contribution in [3.8, 4) is 0 Å². The van der Waals surface area contributed by atoms with Crippen molar-refractivity contribution in [3.63, 3.8) is 0 Å². The third-order valence-corrected chi connectivity index (χ3v) is 8.17. The van der Waals surface area contributed by atoms with Crippen LogP contribution in [0, 0.1) is 29.6 Å². The second-order valence-electron chi connectivity index (χ2n) is 12.9. The zero-order valence-corrected chi connectivity index (χ0v) is 23.9. The lowest BCUT2D eigenvalue weighted by Crippen LogP contribution is -2.27. The molecule has 1 aliphatic heterocycles. The second kappa shape index (κ2) is 15.8. The highest BCUT2D eigenvalue weighted by Gasteiger charge is 2.29. The summed E-state index contributed by atoms with van der Waals surface area (Å²) < 4.78 is 36.4. The molecule has 3 saturated carbocycles. The first-order chi connectivity index (χ1) is 15.8. The van der Waals surface area contributed by atoms with Gasteiger partial charge in [0.25, 0.3) is 0 Å². The van der Waals surface area contributed by atoms with Crippen LogP contribution in [0.4, 0.5) is 8.78 Å². The SMILES string of the molecule is CC1CCC(C)(F)CC1.CC1CCC(C)(F)CC1.CC1CCC(C)CC1.CC1COC(C)OC1. The molecule has 0 amide bonds. The molecule has 0 aromatic rings. The standard InChI is InChI=1S/2C8H15F.C8H16.C6H12O2/c2*1-7-3-5-8(2,9)6-4-7;1-7-3-5-8(2)6-4-7;1-5-3-7-6(2)8-4-5/h2*7H,3-6H2,1-2H3;7-8H,3-6H2,1-2H3;5-6H,3-4H2,1-2H3. The number of hydrogen-bond acceptors (Lipinski definition) is 2. The molecule has 2 nitrogen and oxygen atoms in total. The summed E-state index contributed by atoms with van der Waals surface area (Å²) in [5, 5.41) is 0. The zero-order valence-electron chi connectivity index (χ0n) is 23.9. The van der Waals surface area contributed by atoms with E-state index in [4.69, 9.17) is 9.47 Å². The molecule has 4 heteroatoms. The zero-order chi connectivity index (χ0) is 25.8. The molecule has 1 saturated heterocycles. The summed E-state index contributed by atoms with van der Waals surface area (Å²) in [6.07, 6.45) is 13.3. The molecule has 0 unspecified atom stereocenters. The lowest BCUT2D eigenvalue weighted by molar-refractivity contribution is -0.187. The lowest BCUT2D eigenvalue weighted by Gasteiger charge is -2.28. The number of halogens is 2. The highest BCUT2D eigenvalue weighted by molar-refractivity contribution is 4.80. The van der Waals surface area contributed by atoms with Crippen molar-refractivity contribution in [2.75, 3.05) is 13.2 Å². The van der Waals surface area contributed by atoms with Crippen molar-refractivity contribution in [2.45, 2.75) is 150 Å². The van der Waals surface area contributed by atoms with Crippen molar-refractivity contribution in [2.24, 2.45) is 29.6 Å².